The van der Waals surface area contributed by atoms with Gasteiger partial charge in [0.25, 0.3) is 0 Å². The Morgan fingerprint density at radius 2 is 2.27 bits per heavy atom. The highest BCUT2D eigenvalue weighted by atomic mass is 35.5. The van der Waals surface area contributed by atoms with E-state index in [0.29, 0.717) is 6.42 Å². The molecular formula is C7H14ClNO2. The Hall–Kier alpha value is -0.700. The first-order valence-corrected chi connectivity index (χ1v) is 3.37. The van der Waals surface area contributed by atoms with Gasteiger partial charge in [0.2, 0.25) is 0 Å². The van der Waals surface area contributed by atoms with Crippen molar-refractivity contribution in [2.75, 3.05) is 6.54 Å². The first kappa shape index (κ1) is 12.9. The third kappa shape index (κ3) is 12.5. The maximum Gasteiger partial charge on any atom is 0.303 e. The van der Waals surface area contributed by atoms with Crippen LogP contribution < -0.4 is 5.32 Å². The molecule has 66 valence electrons. The summed E-state index contributed by atoms with van der Waals surface area (Å²) in [6.45, 7) is 2.87. The quantitative estimate of drug-likeness (QED) is 0.671. The fraction of sp³-hybridized carbons (Fsp3) is 0.571. The first-order chi connectivity index (χ1) is 4.77. The summed E-state index contributed by atoms with van der Waals surface area (Å²) in [5.41, 5.74) is 0. The van der Waals surface area contributed by atoms with Gasteiger partial charge < -0.3 is 10.4 Å². The van der Waals surface area contributed by atoms with Crippen molar-refractivity contribution in [1.82, 2.24) is 5.32 Å². The van der Waals surface area contributed by atoms with Crippen molar-refractivity contribution in [3.05, 3.63) is 12.3 Å². The summed E-state index contributed by atoms with van der Waals surface area (Å²) in [6, 6.07) is 0. The Morgan fingerprint density at radius 3 is 2.73 bits per heavy atom. The standard InChI is InChI=1S/C7H13NO2.ClH/c1-2-8-6-4-3-5-7(9)10;/h4,6,8H,2-3,5H2,1H3,(H,9,10);1H. The summed E-state index contributed by atoms with van der Waals surface area (Å²) in [6.07, 6.45) is 4.41. The summed E-state index contributed by atoms with van der Waals surface area (Å²) < 4.78 is 0. The van der Waals surface area contributed by atoms with Gasteiger partial charge in [-0.3, -0.25) is 4.79 Å². The van der Waals surface area contributed by atoms with Gasteiger partial charge >= 0.3 is 5.97 Å². The predicted octanol–water partition coefficient (Wildman–Crippen LogP) is 1.40. The van der Waals surface area contributed by atoms with Crippen LogP contribution in [-0.2, 0) is 4.79 Å². The molecular weight excluding hydrogens is 166 g/mol. The van der Waals surface area contributed by atoms with E-state index in [1.54, 1.807) is 6.20 Å². The zero-order valence-corrected chi connectivity index (χ0v) is 7.36. The normalized spacial score (nSPS) is 9.18. The Kier molecular flexibility index (Phi) is 10.9. The maximum atomic E-state index is 9.98. The van der Waals surface area contributed by atoms with Gasteiger partial charge in [-0.1, -0.05) is 6.08 Å². The second-order valence-electron chi connectivity index (χ2n) is 1.89. The minimum absolute atomic E-state index is 0. The molecule has 0 aromatic heterocycles. The van der Waals surface area contributed by atoms with E-state index in [9.17, 15) is 4.79 Å². The molecule has 0 unspecified atom stereocenters. The van der Waals surface area contributed by atoms with E-state index in [-0.39, 0.29) is 18.8 Å². The highest BCUT2D eigenvalue weighted by molar-refractivity contribution is 5.85. The van der Waals surface area contributed by atoms with E-state index < -0.39 is 5.97 Å². The molecule has 0 atom stereocenters. The van der Waals surface area contributed by atoms with Crippen LogP contribution >= 0.6 is 12.4 Å². The number of hydrogen-bond acceptors (Lipinski definition) is 2. The average Bonchev–Trinajstić information content (AvgIpc) is 1.87. The van der Waals surface area contributed by atoms with Gasteiger partial charge in [0.1, 0.15) is 0 Å². The van der Waals surface area contributed by atoms with Gasteiger partial charge in [-0.05, 0) is 19.5 Å². The van der Waals surface area contributed by atoms with E-state index in [1.165, 1.54) is 0 Å². The molecule has 11 heavy (non-hydrogen) atoms. The minimum Gasteiger partial charge on any atom is -0.481 e. The van der Waals surface area contributed by atoms with Crippen LogP contribution in [0.15, 0.2) is 12.3 Å². The topological polar surface area (TPSA) is 49.3 Å². The molecule has 0 heterocycles. The lowest BCUT2D eigenvalue weighted by atomic mass is 10.3. The van der Waals surface area contributed by atoms with Crippen LogP contribution in [0, 0.1) is 0 Å². The van der Waals surface area contributed by atoms with E-state index in [2.05, 4.69) is 5.32 Å². The van der Waals surface area contributed by atoms with E-state index in [1.807, 2.05) is 13.0 Å². The lowest BCUT2D eigenvalue weighted by molar-refractivity contribution is -0.136. The Bertz CT molecular complexity index is 126. The number of hydrogen-bond donors (Lipinski definition) is 2. The molecule has 0 spiro atoms. The Labute approximate surface area is 72.9 Å². The number of rotatable bonds is 5. The molecule has 0 aromatic carbocycles. The van der Waals surface area contributed by atoms with E-state index >= 15 is 0 Å². The van der Waals surface area contributed by atoms with Crippen molar-refractivity contribution in [1.29, 1.82) is 0 Å². The predicted molar refractivity (Wildman–Crippen MR) is 46.9 cm³/mol. The number of carboxylic acids is 1. The summed E-state index contributed by atoms with van der Waals surface area (Å²) >= 11 is 0. The number of nitrogens with one attached hydrogen (secondary N) is 1. The zero-order chi connectivity index (χ0) is 7.82. The molecule has 0 bridgehead atoms. The molecule has 0 aliphatic heterocycles. The third-order valence-corrected chi connectivity index (χ3v) is 0.965. The van der Waals surface area contributed by atoms with Gasteiger partial charge in [0, 0.05) is 13.0 Å². The SMILES string of the molecule is CCNC=CCCC(=O)O.Cl. The molecule has 0 radical (unpaired) electrons. The fourth-order valence-corrected chi connectivity index (χ4v) is 0.491. The van der Waals surface area contributed by atoms with Crippen molar-refractivity contribution in [3.8, 4) is 0 Å². The molecule has 0 aromatic rings. The van der Waals surface area contributed by atoms with Crippen LogP contribution in [0.2, 0.25) is 0 Å². The maximum absolute atomic E-state index is 9.98. The van der Waals surface area contributed by atoms with Gasteiger partial charge in [-0.2, -0.15) is 0 Å². The lowest BCUT2D eigenvalue weighted by Crippen LogP contribution is -2.01. The third-order valence-electron chi connectivity index (χ3n) is 0.965. The second-order valence-corrected chi connectivity index (χ2v) is 1.89. The van der Waals surface area contributed by atoms with Crippen molar-refractivity contribution in [3.63, 3.8) is 0 Å². The highest BCUT2D eigenvalue weighted by Gasteiger charge is 1.90. The molecule has 2 N–H and O–H groups in total. The summed E-state index contributed by atoms with van der Waals surface area (Å²) in [7, 11) is 0. The van der Waals surface area contributed by atoms with Crippen molar-refractivity contribution < 1.29 is 9.90 Å². The number of carboxylic acid groups (broad SMARTS) is 1. The van der Waals surface area contributed by atoms with Gasteiger partial charge in [0.05, 0.1) is 0 Å². The molecule has 0 aliphatic carbocycles. The van der Waals surface area contributed by atoms with Crippen LogP contribution in [0.4, 0.5) is 0 Å². The number of carbonyl (C=O) groups is 1. The van der Waals surface area contributed by atoms with Gasteiger partial charge in [-0.15, -0.1) is 12.4 Å². The average molecular weight is 180 g/mol. The Balaban J connectivity index is 0. The Morgan fingerprint density at radius 1 is 1.64 bits per heavy atom. The monoisotopic (exact) mass is 179 g/mol. The van der Waals surface area contributed by atoms with Crippen molar-refractivity contribution >= 4 is 18.4 Å². The number of aliphatic carboxylic acids is 1. The van der Waals surface area contributed by atoms with Crippen molar-refractivity contribution in [2.24, 2.45) is 0 Å². The van der Waals surface area contributed by atoms with Gasteiger partial charge in [0.15, 0.2) is 0 Å². The van der Waals surface area contributed by atoms with Crippen LogP contribution in [0.3, 0.4) is 0 Å². The number of halogens is 1. The highest BCUT2D eigenvalue weighted by Crippen LogP contribution is 1.88. The molecule has 4 heteroatoms. The molecule has 3 nitrogen and oxygen atoms in total. The van der Waals surface area contributed by atoms with Crippen molar-refractivity contribution in [2.45, 2.75) is 19.8 Å². The van der Waals surface area contributed by atoms with Gasteiger partial charge in [-0.25, -0.2) is 0 Å². The lowest BCUT2D eigenvalue weighted by Gasteiger charge is -1.90. The smallest absolute Gasteiger partial charge is 0.303 e. The fourth-order valence-electron chi connectivity index (χ4n) is 0.491. The molecule has 0 fully saturated rings. The number of allylic oxidation sites excluding steroid dienone is 1. The summed E-state index contributed by atoms with van der Waals surface area (Å²) in [5, 5.41) is 11.2. The van der Waals surface area contributed by atoms with Crippen LogP contribution in [0.25, 0.3) is 0 Å². The summed E-state index contributed by atoms with van der Waals surface area (Å²) in [5.74, 6) is -0.749. The second kappa shape index (κ2) is 9.30. The molecule has 0 aliphatic rings. The molecule has 0 amide bonds. The van der Waals surface area contributed by atoms with E-state index in [4.69, 9.17) is 5.11 Å². The molecule has 0 saturated carbocycles. The molecule has 0 rings (SSSR count). The van der Waals surface area contributed by atoms with Crippen LogP contribution in [-0.4, -0.2) is 17.6 Å². The van der Waals surface area contributed by atoms with E-state index in [0.717, 1.165) is 6.54 Å². The van der Waals surface area contributed by atoms with Crippen LogP contribution in [0.5, 0.6) is 0 Å². The zero-order valence-electron chi connectivity index (χ0n) is 6.54. The summed E-state index contributed by atoms with van der Waals surface area (Å²) in [4.78, 5) is 9.98. The molecule has 0 saturated heterocycles. The first-order valence-electron chi connectivity index (χ1n) is 3.37. The largest absolute Gasteiger partial charge is 0.481 e. The van der Waals surface area contributed by atoms with Crippen LogP contribution in [0.1, 0.15) is 19.8 Å². The minimum atomic E-state index is -0.749.